The van der Waals surface area contributed by atoms with Crippen LogP contribution in [0.15, 0.2) is 42.5 Å². The van der Waals surface area contributed by atoms with E-state index in [1.54, 1.807) is 6.07 Å². The van der Waals surface area contributed by atoms with Gasteiger partial charge in [0.15, 0.2) is 0 Å². The van der Waals surface area contributed by atoms with Crippen LogP contribution in [-0.4, -0.2) is 6.54 Å². The zero-order valence-corrected chi connectivity index (χ0v) is 12.1. The number of hydrogen-bond donors (Lipinski definition) is 1. The molecule has 0 radical (unpaired) electrons. The molecule has 0 saturated heterocycles. The Morgan fingerprint density at radius 1 is 1.05 bits per heavy atom. The number of nitrogens with two attached hydrogens (primary N) is 1. The number of benzene rings is 2. The van der Waals surface area contributed by atoms with Gasteiger partial charge in [-0.3, -0.25) is 0 Å². The second-order valence-corrected chi connectivity index (χ2v) is 5.18. The molecule has 0 spiro atoms. The standard InChI is InChI=1S/C15H15Cl2NO/c1-10-2-5-13(17)8-14(10)19-15(9-18)11-3-6-12(16)7-4-11/h2-8,15H,9,18H2,1H3. The molecule has 100 valence electrons. The van der Waals surface area contributed by atoms with E-state index in [4.69, 9.17) is 33.7 Å². The van der Waals surface area contributed by atoms with E-state index in [1.807, 2.05) is 43.3 Å². The van der Waals surface area contributed by atoms with Crippen molar-refractivity contribution in [3.63, 3.8) is 0 Å². The second-order valence-electron chi connectivity index (χ2n) is 4.30. The first kappa shape index (κ1) is 14.2. The average Bonchev–Trinajstić information content (AvgIpc) is 2.41. The summed E-state index contributed by atoms with van der Waals surface area (Å²) in [6.45, 7) is 2.36. The average molecular weight is 296 g/mol. The van der Waals surface area contributed by atoms with Crippen LogP contribution in [0.25, 0.3) is 0 Å². The maximum absolute atomic E-state index is 5.98. The highest BCUT2D eigenvalue weighted by Gasteiger charge is 2.13. The van der Waals surface area contributed by atoms with Gasteiger partial charge in [0.2, 0.25) is 0 Å². The fourth-order valence-corrected chi connectivity index (χ4v) is 2.07. The van der Waals surface area contributed by atoms with E-state index >= 15 is 0 Å². The predicted molar refractivity (Wildman–Crippen MR) is 80.1 cm³/mol. The summed E-state index contributed by atoms with van der Waals surface area (Å²) in [6.07, 6.45) is -0.213. The van der Waals surface area contributed by atoms with Gasteiger partial charge in [-0.15, -0.1) is 0 Å². The van der Waals surface area contributed by atoms with Gasteiger partial charge in [-0.2, -0.15) is 0 Å². The third-order valence-electron chi connectivity index (χ3n) is 2.88. The molecule has 0 amide bonds. The molecule has 0 bridgehead atoms. The predicted octanol–water partition coefficient (Wildman–Crippen LogP) is 4.38. The van der Waals surface area contributed by atoms with E-state index in [0.717, 1.165) is 16.9 Å². The van der Waals surface area contributed by atoms with Crippen LogP contribution in [0.5, 0.6) is 5.75 Å². The van der Waals surface area contributed by atoms with Crippen LogP contribution >= 0.6 is 23.2 Å². The zero-order valence-electron chi connectivity index (χ0n) is 10.6. The third-order valence-corrected chi connectivity index (χ3v) is 3.36. The molecule has 2 aromatic carbocycles. The van der Waals surface area contributed by atoms with Gasteiger partial charge < -0.3 is 10.5 Å². The highest BCUT2D eigenvalue weighted by Crippen LogP contribution is 2.28. The van der Waals surface area contributed by atoms with Gasteiger partial charge in [0.1, 0.15) is 11.9 Å². The molecule has 0 aliphatic carbocycles. The van der Waals surface area contributed by atoms with Crippen molar-refractivity contribution >= 4 is 23.2 Å². The Labute approximate surface area is 123 Å². The van der Waals surface area contributed by atoms with E-state index < -0.39 is 0 Å². The Balaban J connectivity index is 2.23. The Morgan fingerprint density at radius 3 is 2.32 bits per heavy atom. The summed E-state index contributed by atoms with van der Waals surface area (Å²) < 4.78 is 5.95. The van der Waals surface area contributed by atoms with Crippen LogP contribution in [0.3, 0.4) is 0 Å². The quantitative estimate of drug-likeness (QED) is 0.908. The Hall–Kier alpha value is -1.22. The van der Waals surface area contributed by atoms with Gasteiger partial charge in [-0.05, 0) is 42.3 Å². The first-order valence-electron chi connectivity index (χ1n) is 5.98. The van der Waals surface area contributed by atoms with Crippen LogP contribution in [0.4, 0.5) is 0 Å². The summed E-state index contributed by atoms with van der Waals surface area (Å²) in [4.78, 5) is 0. The van der Waals surface area contributed by atoms with Crippen molar-refractivity contribution in [2.75, 3.05) is 6.54 Å². The lowest BCUT2D eigenvalue weighted by molar-refractivity contribution is 0.213. The van der Waals surface area contributed by atoms with Gasteiger partial charge in [0.25, 0.3) is 0 Å². The number of rotatable bonds is 4. The van der Waals surface area contributed by atoms with E-state index in [9.17, 15) is 0 Å². The third kappa shape index (κ3) is 3.63. The summed E-state index contributed by atoms with van der Waals surface area (Å²) in [5, 5.41) is 1.34. The number of hydrogen-bond acceptors (Lipinski definition) is 2. The first-order valence-corrected chi connectivity index (χ1v) is 6.74. The van der Waals surface area contributed by atoms with Crippen molar-refractivity contribution in [1.82, 2.24) is 0 Å². The molecule has 0 fully saturated rings. The highest BCUT2D eigenvalue weighted by atomic mass is 35.5. The van der Waals surface area contributed by atoms with Gasteiger partial charge >= 0.3 is 0 Å². The van der Waals surface area contributed by atoms with Crippen molar-refractivity contribution in [1.29, 1.82) is 0 Å². The van der Waals surface area contributed by atoms with Gasteiger partial charge in [0.05, 0.1) is 0 Å². The summed E-state index contributed by atoms with van der Waals surface area (Å²) in [7, 11) is 0. The van der Waals surface area contributed by atoms with Crippen LogP contribution < -0.4 is 10.5 Å². The largest absolute Gasteiger partial charge is 0.484 e. The maximum atomic E-state index is 5.98. The zero-order chi connectivity index (χ0) is 13.8. The minimum atomic E-state index is -0.213. The molecule has 0 aliphatic rings. The van der Waals surface area contributed by atoms with E-state index in [0.29, 0.717) is 16.6 Å². The fraction of sp³-hybridized carbons (Fsp3) is 0.200. The minimum absolute atomic E-state index is 0.213. The molecular formula is C15H15Cl2NO. The molecule has 1 unspecified atom stereocenters. The smallest absolute Gasteiger partial charge is 0.136 e. The lowest BCUT2D eigenvalue weighted by Gasteiger charge is -2.19. The van der Waals surface area contributed by atoms with Crippen LogP contribution in [0.1, 0.15) is 17.2 Å². The molecule has 2 nitrogen and oxygen atoms in total. The summed E-state index contributed by atoms with van der Waals surface area (Å²) in [6, 6.07) is 13.0. The lowest BCUT2D eigenvalue weighted by Crippen LogP contribution is -2.18. The molecule has 1 atom stereocenters. The van der Waals surface area contributed by atoms with Crippen molar-refractivity contribution < 1.29 is 4.74 Å². The molecule has 2 aromatic rings. The number of halogens is 2. The molecule has 19 heavy (non-hydrogen) atoms. The highest BCUT2D eigenvalue weighted by molar-refractivity contribution is 6.30. The van der Waals surface area contributed by atoms with Gasteiger partial charge in [-0.25, -0.2) is 0 Å². The lowest BCUT2D eigenvalue weighted by atomic mass is 10.1. The number of ether oxygens (including phenoxy) is 1. The summed E-state index contributed by atoms with van der Waals surface area (Å²) in [5.74, 6) is 0.748. The van der Waals surface area contributed by atoms with Crippen molar-refractivity contribution in [3.8, 4) is 5.75 Å². The Morgan fingerprint density at radius 2 is 1.68 bits per heavy atom. The number of aryl methyl sites for hydroxylation is 1. The SMILES string of the molecule is Cc1ccc(Cl)cc1OC(CN)c1ccc(Cl)cc1. The van der Waals surface area contributed by atoms with Crippen LogP contribution in [0, 0.1) is 6.92 Å². The second kappa shape index (κ2) is 6.29. The van der Waals surface area contributed by atoms with Crippen LogP contribution in [-0.2, 0) is 0 Å². The molecule has 2 rings (SSSR count). The first-order chi connectivity index (χ1) is 9.10. The van der Waals surface area contributed by atoms with Crippen molar-refractivity contribution in [2.45, 2.75) is 13.0 Å². The van der Waals surface area contributed by atoms with Crippen LogP contribution in [0.2, 0.25) is 10.0 Å². The van der Waals surface area contributed by atoms with E-state index in [1.165, 1.54) is 0 Å². The van der Waals surface area contributed by atoms with Gasteiger partial charge in [0, 0.05) is 16.6 Å². The van der Waals surface area contributed by atoms with E-state index in [2.05, 4.69) is 0 Å². The minimum Gasteiger partial charge on any atom is -0.484 e. The normalized spacial score (nSPS) is 12.2. The Kier molecular flexibility index (Phi) is 4.70. The molecule has 0 heterocycles. The molecular weight excluding hydrogens is 281 g/mol. The van der Waals surface area contributed by atoms with Crippen molar-refractivity contribution in [2.24, 2.45) is 5.73 Å². The molecule has 0 saturated carbocycles. The molecule has 0 aromatic heterocycles. The van der Waals surface area contributed by atoms with Gasteiger partial charge in [-0.1, -0.05) is 41.4 Å². The molecule has 2 N–H and O–H groups in total. The molecule has 4 heteroatoms. The molecule has 0 aliphatic heterocycles. The van der Waals surface area contributed by atoms with E-state index in [-0.39, 0.29) is 6.10 Å². The maximum Gasteiger partial charge on any atom is 0.136 e. The summed E-state index contributed by atoms with van der Waals surface area (Å²) in [5.41, 5.74) is 7.80. The Bertz CT molecular complexity index is 555. The fourth-order valence-electron chi connectivity index (χ4n) is 1.78. The summed E-state index contributed by atoms with van der Waals surface area (Å²) >= 11 is 11.9. The van der Waals surface area contributed by atoms with Crippen molar-refractivity contribution in [3.05, 3.63) is 63.6 Å². The topological polar surface area (TPSA) is 35.2 Å². The monoisotopic (exact) mass is 295 g/mol.